The number of nitrogens with zero attached hydrogens (tertiary/aromatic N) is 1. The van der Waals surface area contributed by atoms with Gasteiger partial charge in [-0.2, -0.15) is 0 Å². The number of carbonyl (C=O) groups is 4. The van der Waals surface area contributed by atoms with Gasteiger partial charge in [-0.3, -0.25) is 29.4 Å². The van der Waals surface area contributed by atoms with E-state index in [0.717, 1.165) is 12.0 Å². The number of rotatable bonds is 6. The van der Waals surface area contributed by atoms with Crippen LogP contribution in [0.15, 0.2) is 18.2 Å². The first kappa shape index (κ1) is 20.5. The molecule has 8 heteroatoms. The smallest absolute Gasteiger partial charge is 0.250 e. The molecule has 1 aromatic carbocycles. The molecule has 1 spiro atoms. The number of hydrogen-bond acceptors (Lipinski definition) is 5. The van der Waals surface area contributed by atoms with Crippen molar-refractivity contribution in [1.82, 2.24) is 10.2 Å². The largest absolute Gasteiger partial charge is 0.370 e. The Labute approximate surface area is 175 Å². The molecule has 3 aliphatic rings. The van der Waals surface area contributed by atoms with E-state index in [9.17, 15) is 19.2 Å². The lowest BCUT2D eigenvalue weighted by Gasteiger charge is -2.31. The monoisotopic (exact) mass is 412 g/mol. The summed E-state index contributed by atoms with van der Waals surface area (Å²) in [5.74, 6) is -2.93. The van der Waals surface area contributed by atoms with Gasteiger partial charge in [-0.25, -0.2) is 0 Å². The number of hydrogen-bond donors (Lipinski definition) is 3. The van der Waals surface area contributed by atoms with E-state index in [1.54, 1.807) is 0 Å². The fraction of sp³-hybridized carbons (Fsp3) is 0.545. The summed E-state index contributed by atoms with van der Waals surface area (Å²) in [4.78, 5) is 53.0. The number of aryl methyl sites for hydroxylation is 1. The summed E-state index contributed by atoms with van der Waals surface area (Å²) in [5.41, 5.74) is 6.43. The highest BCUT2D eigenvalue weighted by Crippen LogP contribution is 2.54. The molecule has 2 saturated heterocycles. The van der Waals surface area contributed by atoms with Crippen LogP contribution < -0.4 is 16.4 Å². The highest BCUT2D eigenvalue weighted by atomic mass is 16.2. The summed E-state index contributed by atoms with van der Waals surface area (Å²) in [7, 11) is 0. The molecule has 4 rings (SSSR count). The van der Waals surface area contributed by atoms with E-state index in [1.807, 2.05) is 39.0 Å². The molecule has 160 valence electrons. The van der Waals surface area contributed by atoms with Gasteiger partial charge >= 0.3 is 0 Å². The van der Waals surface area contributed by atoms with Crippen LogP contribution in [0.5, 0.6) is 0 Å². The van der Waals surface area contributed by atoms with Gasteiger partial charge in [-0.1, -0.05) is 32.0 Å². The van der Waals surface area contributed by atoms with Gasteiger partial charge in [0.25, 0.3) is 0 Å². The maximum absolute atomic E-state index is 13.5. The Morgan fingerprint density at radius 1 is 1.23 bits per heavy atom. The van der Waals surface area contributed by atoms with Gasteiger partial charge in [0.15, 0.2) is 0 Å². The molecule has 0 bridgehead atoms. The number of imide groups is 1. The summed E-state index contributed by atoms with van der Waals surface area (Å²) >= 11 is 0. The van der Waals surface area contributed by atoms with E-state index >= 15 is 0 Å². The number of carbonyl (C=O) groups excluding carboxylic acids is 4. The molecule has 4 N–H and O–H groups in total. The van der Waals surface area contributed by atoms with Crippen LogP contribution in [0.2, 0.25) is 0 Å². The first-order valence-corrected chi connectivity index (χ1v) is 10.6. The van der Waals surface area contributed by atoms with Crippen molar-refractivity contribution < 1.29 is 19.2 Å². The molecule has 0 radical (unpaired) electrons. The number of likely N-dealkylation sites (tertiary alicyclic amines) is 1. The fourth-order valence-electron chi connectivity index (χ4n) is 5.37. The number of nitrogens with two attached hydrogens (primary N) is 1. The molecular weight excluding hydrogens is 384 g/mol. The third-order valence-corrected chi connectivity index (χ3v) is 6.98. The molecule has 2 fully saturated rings. The van der Waals surface area contributed by atoms with Crippen LogP contribution in [0, 0.1) is 11.8 Å². The van der Waals surface area contributed by atoms with Gasteiger partial charge in [0.2, 0.25) is 23.6 Å². The summed E-state index contributed by atoms with van der Waals surface area (Å²) in [5, 5.41) is 6.30. The number of anilines is 1. The maximum atomic E-state index is 13.5. The lowest BCUT2D eigenvalue weighted by atomic mass is 9.76. The standard InChI is InChI=1S/C22H28N4O4/c1-4-11(3)26-19(28)16-14(9-10-15(23)27)25-22(17(16)20(26)29)13-8-6-7-12(5-2)18(13)24-21(22)30/h6-8,11,14,16-17,25H,4-5,9-10H2,1-3H3,(H2,23,27)(H,24,30). The van der Waals surface area contributed by atoms with Crippen molar-refractivity contribution >= 4 is 29.3 Å². The number of nitrogens with one attached hydrogen (secondary N) is 2. The minimum atomic E-state index is -1.32. The highest BCUT2D eigenvalue weighted by Gasteiger charge is 2.70. The average Bonchev–Trinajstić information content (AvgIpc) is 3.30. The van der Waals surface area contributed by atoms with Crippen molar-refractivity contribution in [3.63, 3.8) is 0 Å². The first-order valence-electron chi connectivity index (χ1n) is 10.6. The molecule has 3 aliphatic heterocycles. The Kier molecular flexibility index (Phi) is 4.92. The molecule has 0 aromatic heterocycles. The number of para-hydroxylation sites is 1. The van der Waals surface area contributed by atoms with Crippen LogP contribution in [0.3, 0.4) is 0 Å². The third-order valence-electron chi connectivity index (χ3n) is 6.98. The number of fused-ring (bicyclic) bond motifs is 4. The van der Waals surface area contributed by atoms with Crippen LogP contribution in [0.25, 0.3) is 0 Å². The Bertz CT molecular complexity index is 945. The number of primary amides is 1. The second kappa shape index (κ2) is 7.19. The van der Waals surface area contributed by atoms with Crippen molar-refractivity contribution in [1.29, 1.82) is 0 Å². The summed E-state index contributed by atoms with van der Waals surface area (Å²) in [6, 6.07) is 4.92. The topological polar surface area (TPSA) is 122 Å². The van der Waals surface area contributed by atoms with Crippen molar-refractivity contribution in [2.45, 2.75) is 64.1 Å². The van der Waals surface area contributed by atoms with Crippen molar-refractivity contribution in [2.75, 3.05) is 5.32 Å². The molecule has 30 heavy (non-hydrogen) atoms. The summed E-state index contributed by atoms with van der Waals surface area (Å²) in [6.45, 7) is 5.76. The quantitative estimate of drug-likeness (QED) is 0.603. The van der Waals surface area contributed by atoms with E-state index in [4.69, 9.17) is 5.73 Å². The van der Waals surface area contributed by atoms with Gasteiger partial charge in [-0.15, -0.1) is 0 Å². The second-order valence-corrected chi connectivity index (χ2v) is 8.52. The zero-order valence-corrected chi connectivity index (χ0v) is 17.5. The zero-order chi connectivity index (χ0) is 21.8. The lowest BCUT2D eigenvalue weighted by molar-refractivity contribution is -0.145. The average molecular weight is 412 g/mol. The Hall–Kier alpha value is -2.74. The predicted octanol–water partition coefficient (Wildman–Crippen LogP) is 1.03. The first-order chi connectivity index (χ1) is 14.3. The Morgan fingerprint density at radius 2 is 1.97 bits per heavy atom. The fourth-order valence-corrected chi connectivity index (χ4v) is 5.37. The summed E-state index contributed by atoms with van der Waals surface area (Å²) < 4.78 is 0. The van der Waals surface area contributed by atoms with Crippen LogP contribution in [-0.2, 0) is 31.1 Å². The molecule has 0 saturated carbocycles. The lowest BCUT2D eigenvalue weighted by Crippen LogP contribution is -2.54. The van der Waals surface area contributed by atoms with Crippen LogP contribution in [-0.4, -0.2) is 40.6 Å². The molecule has 1 aromatic rings. The SMILES string of the molecule is CCc1cccc2c1NC(=O)C21NC(CCC(N)=O)C2C(=O)N(C(C)CC)C(=O)C21. The van der Waals surface area contributed by atoms with Crippen molar-refractivity contribution in [2.24, 2.45) is 17.6 Å². The van der Waals surface area contributed by atoms with E-state index in [0.29, 0.717) is 24.1 Å². The van der Waals surface area contributed by atoms with Gasteiger partial charge in [0.05, 0.1) is 11.8 Å². The summed E-state index contributed by atoms with van der Waals surface area (Å²) in [6.07, 6.45) is 1.73. The van der Waals surface area contributed by atoms with Gasteiger partial charge in [-0.05, 0) is 31.7 Å². The molecule has 8 nitrogen and oxygen atoms in total. The molecular formula is C22H28N4O4. The van der Waals surface area contributed by atoms with Crippen LogP contribution in [0.1, 0.15) is 51.2 Å². The minimum Gasteiger partial charge on any atom is -0.370 e. The minimum absolute atomic E-state index is 0.0746. The molecule has 0 aliphatic carbocycles. The Morgan fingerprint density at radius 3 is 2.60 bits per heavy atom. The van der Waals surface area contributed by atoms with Crippen LogP contribution >= 0.6 is 0 Å². The van der Waals surface area contributed by atoms with Crippen LogP contribution in [0.4, 0.5) is 5.69 Å². The molecule has 5 unspecified atom stereocenters. The molecule has 4 amide bonds. The second-order valence-electron chi connectivity index (χ2n) is 8.52. The van der Waals surface area contributed by atoms with Gasteiger partial charge in [0, 0.05) is 29.8 Å². The maximum Gasteiger partial charge on any atom is 0.250 e. The molecule has 3 heterocycles. The zero-order valence-electron chi connectivity index (χ0n) is 17.5. The normalized spacial score (nSPS) is 30.6. The van der Waals surface area contributed by atoms with E-state index in [-0.39, 0.29) is 30.2 Å². The third kappa shape index (κ3) is 2.62. The van der Waals surface area contributed by atoms with Gasteiger partial charge in [0.1, 0.15) is 5.54 Å². The Balaban J connectivity index is 1.86. The van der Waals surface area contributed by atoms with Gasteiger partial charge < -0.3 is 11.1 Å². The number of amides is 4. The van der Waals surface area contributed by atoms with E-state index in [1.165, 1.54) is 4.90 Å². The molecule has 5 atom stereocenters. The van der Waals surface area contributed by atoms with E-state index in [2.05, 4.69) is 10.6 Å². The predicted molar refractivity (Wildman–Crippen MR) is 110 cm³/mol. The number of benzene rings is 1. The van der Waals surface area contributed by atoms with Crippen molar-refractivity contribution in [3.05, 3.63) is 29.3 Å². The van der Waals surface area contributed by atoms with E-state index < -0.39 is 29.3 Å². The van der Waals surface area contributed by atoms with Crippen molar-refractivity contribution in [3.8, 4) is 0 Å². The highest BCUT2D eigenvalue weighted by molar-refractivity contribution is 6.15.